The molecule has 0 bridgehead atoms. The number of carbonyl (C=O) groups excluding carboxylic acids is 1. The van der Waals surface area contributed by atoms with Gasteiger partial charge in [0.15, 0.2) is 0 Å². The van der Waals surface area contributed by atoms with Gasteiger partial charge in [-0.2, -0.15) is 5.26 Å². The van der Waals surface area contributed by atoms with Crippen LogP contribution in [0.25, 0.3) is 11.3 Å². The van der Waals surface area contributed by atoms with Crippen LogP contribution in [-0.4, -0.2) is 42.6 Å². The third kappa shape index (κ3) is 6.06. The fraction of sp³-hybridized carbons (Fsp3) is 0.478. The molecule has 1 amide bonds. The van der Waals surface area contributed by atoms with E-state index in [0.29, 0.717) is 31.4 Å². The molecule has 3 N–H and O–H groups in total. The van der Waals surface area contributed by atoms with Crippen LogP contribution in [0.5, 0.6) is 0 Å². The van der Waals surface area contributed by atoms with Gasteiger partial charge in [-0.05, 0) is 43.9 Å². The summed E-state index contributed by atoms with van der Waals surface area (Å²) < 4.78 is 25.5. The second kappa shape index (κ2) is 9.45. The third-order valence-electron chi connectivity index (χ3n) is 5.66. The molecule has 1 aliphatic carbocycles. The van der Waals surface area contributed by atoms with Gasteiger partial charge in [-0.1, -0.05) is 20.8 Å². The number of H-pyrrole nitrogens is 1. The second-order valence-electron chi connectivity index (χ2n) is 9.47. The van der Waals surface area contributed by atoms with E-state index >= 15 is 0 Å². The molecule has 2 heterocycles. The number of aromatic amines is 1. The molecule has 9 nitrogen and oxygen atoms in total. The van der Waals surface area contributed by atoms with Gasteiger partial charge in [-0.3, -0.25) is 14.6 Å². The Balaban J connectivity index is 1.93. The first-order chi connectivity index (χ1) is 15.4. The van der Waals surface area contributed by atoms with Crippen molar-refractivity contribution in [1.82, 2.24) is 20.0 Å². The molecule has 0 spiro atoms. The maximum atomic E-state index is 13.3. The number of nitrogens with zero attached hydrogens (tertiary/aromatic N) is 2. The minimum absolute atomic E-state index is 0.0460. The van der Waals surface area contributed by atoms with E-state index in [1.54, 1.807) is 18.2 Å². The van der Waals surface area contributed by atoms with Crippen molar-refractivity contribution < 1.29 is 13.2 Å². The Labute approximate surface area is 193 Å². The van der Waals surface area contributed by atoms with Crippen molar-refractivity contribution in [1.29, 1.82) is 5.26 Å². The Kier molecular flexibility index (Phi) is 7.05. The largest absolute Gasteiger partial charge is 0.349 e. The molecule has 1 aliphatic rings. The fourth-order valence-corrected chi connectivity index (χ4v) is 4.79. The first kappa shape index (κ1) is 24.6. The molecule has 0 radical (unpaired) electrons. The number of sulfonamides is 1. The number of nitrogens with one attached hydrogen (secondary N) is 3. The Bertz CT molecular complexity index is 1250. The van der Waals surface area contributed by atoms with E-state index in [1.807, 2.05) is 20.8 Å². The Morgan fingerprint density at radius 2 is 1.85 bits per heavy atom. The molecule has 1 saturated carbocycles. The fourth-order valence-electron chi connectivity index (χ4n) is 3.95. The number of carbonyl (C=O) groups is 1. The molecule has 3 rings (SSSR count). The van der Waals surface area contributed by atoms with Crippen LogP contribution in [0.4, 0.5) is 0 Å². The zero-order valence-electron chi connectivity index (χ0n) is 19.2. The molecule has 1 fully saturated rings. The molecular formula is C23H29N5O4S. The third-order valence-corrected chi connectivity index (χ3v) is 6.42. The maximum absolute atomic E-state index is 13.3. The lowest BCUT2D eigenvalue weighted by molar-refractivity contribution is 0.0924. The quantitative estimate of drug-likeness (QED) is 0.610. The molecule has 0 atom stereocenters. The molecule has 0 saturated heterocycles. The molecule has 0 aliphatic heterocycles. The number of hydrogen-bond donors (Lipinski definition) is 3. The SMILES string of the molecule is CC(C)(C)c1cc(C(=O)NC2CCC(NS(C)(=O)=O)CC2)c(C#N)c(-c2ccc[nH]c2=O)n1. The first-order valence-corrected chi connectivity index (χ1v) is 12.7. The van der Waals surface area contributed by atoms with Crippen molar-refractivity contribution in [3.63, 3.8) is 0 Å². The first-order valence-electron chi connectivity index (χ1n) is 10.8. The van der Waals surface area contributed by atoms with Gasteiger partial charge < -0.3 is 10.3 Å². The average Bonchev–Trinajstić information content (AvgIpc) is 2.72. The molecular weight excluding hydrogens is 442 g/mol. The summed E-state index contributed by atoms with van der Waals surface area (Å²) in [5.41, 5.74) is 0.395. The monoisotopic (exact) mass is 471 g/mol. The van der Waals surface area contributed by atoms with Crippen molar-refractivity contribution in [2.45, 2.75) is 64.0 Å². The van der Waals surface area contributed by atoms with E-state index in [4.69, 9.17) is 0 Å². The number of amides is 1. The van der Waals surface area contributed by atoms with E-state index in [-0.39, 0.29) is 34.5 Å². The van der Waals surface area contributed by atoms with Crippen molar-refractivity contribution in [3.05, 3.63) is 51.6 Å². The summed E-state index contributed by atoms with van der Waals surface area (Å²) in [4.78, 5) is 32.9. The summed E-state index contributed by atoms with van der Waals surface area (Å²) in [7, 11) is -3.28. The lowest BCUT2D eigenvalue weighted by Gasteiger charge is -2.29. The highest BCUT2D eigenvalue weighted by Gasteiger charge is 2.28. The van der Waals surface area contributed by atoms with Gasteiger partial charge in [-0.25, -0.2) is 13.1 Å². The maximum Gasteiger partial charge on any atom is 0.257 e. The molecule has 2 aromatic rings. The van der Waals surface area contributed by atoms with E-state index in [1.165, 1.54) is 6.20 Å². The Hall–Kier alpha value is -3.03. The smallest absolute Gasteiger partial charge is 0.257 e. The summed E-state index contributed by atoms with van der Waals surface area (Å²) >= 11 is 0. The second-order valence-corrected chi connectivity index (χ2v) is 11.2. The number of rotatable bonds is 5. The zero-order valence-corrected chi connectivity index (χ0v) is 20.0. The molecule has 176 valence electrons. The van der Waals surface area contributed by atoms with Gasteiger partial charge in [0, 0.05) is 29.4 Å². The van der Waals surface area contributed by atoms with Gasteiger partial charge in [0.25, 0.3) is 11.5 Å². The van der Waals surface area contributed by atoms with Crippen molar-refractivity contribution >= 4 is 15.9 Å². The lowest BCUT2D eigenvalue weighted by Crippen LogP contribution is -2.43. The van der Waals surface area contributed by atoms with Crippen LogP contribution in [0.3, 0.4) is 0 Å². The molecule has 33 heavy (non-hydrogen) atoms. The van der Waals surface area contributed by atoms with Gasteiger partial charge in [0.2, 0.25) is 10.0 Å². The van der Waals surface area contributed by atoms with E-state index in [2.05, 4.69) is 26.1 Å². The molecule has 10 heteroatoms. The summed E-state index contributed by atoms with van der Waals surface area (Å²) in [6.45, 7) is 5.83. The number of aromatic nitrogens is 2. The summed E-state index contributed by atoms with van der Waals surface area (Å²) in [6.07, 6.45) is 5.07. The summed E-state index contributed by atoms with van der Waals surface area (Å²) in [5, 5.41) is 12.9. The topological polar surface area (TPSA) is 145 Å². The van der Waals surface area contributed by atoms with Crippen LogP contribution in [0.15, 0.2) is 29.2 Å². The van der Waals surface area contributed by atoms with Gasteiger partial charge in [-0.15, -0.1) is 0 Å². The van der Waals surface area contributed by atoms with Gasteiger partial charge in [0.1, 0.15) is 6.07 Å². The summed E-state index contributed by atoms with van der Waals surface area (Å²) in [6, 6.07) is 6.62. The zero-order chi connectivity index (χ0) is 24.4. The average molecular weight is 472 g/mol. The minimum atomic E-state index is -3.28. The number of nitriles is 1. The van der Waals surface area contributed by atoms with Crippen LogP contribution >= 0.6 is 0 Å². The van der Waals surface area contributed by atoms with Gasteiger partial charge in [0.05, 0.1) is 28.6 Å². The standard InChI is InChI=1S/C23H29N5O4S/c1-23(2,3)19-12-17(18(13-24)20(27-19)16-6-5-11-25-21(16)29)22(30)26-14-7-9-15(10-8-14)28-33(4,31)32/h5-6,11-12,14-15,28H,7-10H2,1-4H3,(H,25,29)(H,26,30). The summed E-state index contributed by atoms with van der Waals surface area (Å²) in [5.74, 6) is -0.410. The highest BCUT2D eigenvalue weighted by Crippen LogP contribution is 2.29. The molecule has 0 aromatic carbocycles. The molecule has 0 unspecified atom stereocenters. The molecule has 2 aromatic heterocycles. The van der Waals surface area contributed by atoms with Crippen LogP contribution in [-0.2, 0) is 15.4 Å². The van der Waals surface area contributed by atoms with Crippen molar-refractivity contribution in [2.24, 2.45) is 0 Å². The van der Waals surface area contributed by atoms with E-state index < -0.39 is 26.9 Å². The van der Waals surface area contributed by atoms with Crippen molar-refractivity contribution in [2.75, 3.05) is 6.26 Å². The van der Waals surface area contributed by atoms with Crippen LogP contribution in [0.2, 0.25) is 0 Å². The Morgan fingerprint density at radius 3 is 2.39 bits per heavy atom. The highest BCUT2D eigenvalue weighted by molar-refractivity contribution is 7.88. The van der Waals surface area contributed by atoms with Crippen LogP contribution in [0, 0.1) is 11.3 Å². The predicted molar refractivity (Wildman–Crippen MR) is 125 cm³/mol. The number of hydrogen-bond acceptors (Lipinski definition) is 6. The number of pyridine rings is 2. The van der Waals surface area contributed by atoms with Crippen molar-refractivity contribution in [3.8, 4) is 17.3 Å². The van der Waals surface area contributed by atoms with E-state index in [0.717, 1.165) is 6.26 Å². The van der Waals surface area contributed by atoms with Crippen LogP contribution < -0.4 is 15.6 Å². The normalized spacial score (nSPS) is 19.0. The van der Waals surface area contributed by atoms with Gasteiger partial charge >= 0.3 is 0 Å². The Morgan fingerprint density at radius 1 is 1.21 bits per heavy atom. The van der Waals surface area contributed by atoms with Crippen LogP contribution in [0.1, 0.15) is 68.1 Å². The van der Waals surface area contributed by atoms with E-state index in [9.17, 15) is 23.3 Å². The minimum Gasteiger partial charge on any atom is -0.349 e. The highest BCUT2D eigenvalue weighted by atomic mass is 32.2. The predicted octanol–water partition coefficient (Wildman–Crippen LogP) is 2.20. The lowest BCUT2D eigenvalue weighted by atomic mass is 9.88.